The lowest BCUT2D eigenvalue weighted by Crippen LogP contribution is -2.09. The Kier molecular flexibility index (Phi) is 5.13. The van der Waals surface area contributed by atoms with Gasteiger partial charge in [-0.25, -0.2) is 15.0 Å². The van der Waals surface area contributed by atoms with E-state index in [9.17, 15) is 0 Å². The lowest BCUT2D eigenvalue weighted by molar-refractivity contribution is 0.774. The highest BCUT2D eigenvalue weighted by molar-refractivity contribution is 5.84. The Balaban J connectivity index is 1.75. The van der Waals surface area contributed by atoms with Gasteiger partial charge in [0.2, 0.25) is 0 Å². The predicted molar refractivity (Wildman–Crippen MR) is 129 cm³/mol. The SMILES string of the molecule is CC(CN)c1ccc(-n2c(-c3cccnc3N)nc3ccc(-c4ccccc4)nc32)cc1. The quantitative estimate of drug-likeness (QED) is 0.426. The van der Waals surface area contributed by atoms with E-state index in [4.69, 9.17) is 21.4 Å². The molecule has 0 saturated carbocycles. The number of benzene rings is 2. The molecule has 6 heteroatoms. The van der Waals surface area contributed by atoms with Crippen molar-refractivity contribution < 1.29 is 0 Å². The molecule has 0 bridgehead atoms. The van der Waals surface area contributed by atoms with Crippen molar-refractivity contribution >= 4 is 17.0 Å². The van der Waals surface area contributed by atoms with Gasteiger partial charge in [-0.3, -0.25) is 4.57 Å². The van der Waals surface area contributed by atoms with Crippen molar-refractivity contribution in [3.8, 4) is 28.3 Å². The topological polar surface area (TPSA) is 95.6 Å². The van der Waals surface area contributed by atoms with Crippen molar-refractivity contribution in [2.24, 2.45) is 5.73 Å². The number of nitrogens with two attached hydrogens (primary N) is 2. The second-order valence-electron chi connectivity index (χ2n) is 7.84. The lowest BCUT2D eigenvalue weighted by Gasteiger charge is -2.13. The maximum Gasteiger partial charge on any atom is 0.165 e. The summed E-state index contributed by atoms with van der Waals surface area (Å²) in [5, 5.41) is 0. The van der Waals surface area contributed by atoms with Crippen LogP contribution in [0.15, 0.2) is 85.1 Å². The summed E-state index contributed by atoms with van der Waals surface area (Å²) in [4.78, 5) is 14.1. The summed E-state index contributed by atoms with van der Waals surface area (Å²) in [6, 6.07) is 26.3. The number of nitrogens with zero attached hydrogens (tertiary/aromatic N) is 4. The Bertz CT molecular complexity index is 1370. The molecule has 32 heavy (non-hydrogen) atoms. The monoisotopic (exact) mass is 420 g/mol. The van der Waals surface area contributed by atoms with Crippen LogP contribution in [-0.2, 0) is 0 Å². The molecular formula is C26H24N6. The number of rotatable bonds is 5. The van der Waals surface area contributed by atoms with E-state index >= 15 is 0 Å². The minimum atomic E-state index is 0.292. The van der Waals surface area contributed by atoms with Crippen LogP contribution in [0.2, 0.25) is 0 Å². The number of nitrogen functional groups attached to an aromatic ring is 1. The van der Waals surface area contributed by atoms with E-state index in [0.717, 1.165) is 33.7 Å². The molecule has 2 aromatic carbocycles. The molecule has 0 radical (unpaired) electrons. The van der Waals surface area contributed by atoms with Crippen molar-refractivity contribution in [1.82, 2.24) is 19.5 Å². The first kappa shape index (κ1) is 19.9. The lowest BCUT2D eigenvalue weighted by atomic mass is 10.0. The van der Waals surface area contributed by atoms with E-state index in [1.54, 1.807) is 6.20 Å². The van der Waals surface area contributed by atoms with Crippen LogP contribution in [0.4, 0.5) is 5.82 Å². The highest BCUT2D eigenvalue weighted by atomic mass is 15.1. The minimum Gasteiger partial charge on any atom is -0.383 e. The van der Waals surface area contributed by atoms with Gasteiger partial charge in [0.25, 0.3) is 0 Å². The number of aromatic nitrogens is 4. The summed E-state index contributed by atoms with van der Waals surface area (Å²) in [5.74, 6) is 1.43. The molecule has 1 atom stereocenters. The van der Waals surface area contributed by atoms with Crippen LogP contribution in [0.25, 0.3) is 39.5 Å². The van der Waals surface area contributed by atoms with E-state index in [0.29, 0.717) is 24.1 Å². The van der Waals surface area contributed by atoms with Gasteiger partial charge < -0.3 is 11.5 Å². The van der Waals surface area contributed by atoms with Gasteiger partial charge in [-0.1, -0.05) is 49.4 Å². The van der Waals surface area contributed by atoms with Crippen molar-refractivity contribution in [2.45, 2.75) is 12.8 Å². The normalized spacial score (nSPS) is 12.2. The largest absolute Gasteiger partial charge is 0.383 e. The number of anilines is 1. The molecule has 0 aliphatic heterocycles. The molecule has 5 aromatic rings. The molecule has 0 amide bonds. The fourth-order valence-corrected chi connectivity index (χ4v) is 3.85. The van der Waals surface area contributed by atoms with E-state index in [1.807, 2.05) is 47.0 Å². The van der Waals surface area contributed by atoms with Gasteiger partial charge in [0.1, 0.15) is 11.3 Å². The van der Waals surface area contributed by atoms with Crippen LogP contribution in [0, 0.1) is 0 Å². The zero-order valence-electron chi connectivity index (χ0n) is 17.8. The molecular weight excluding hydrogens is 396 g/mol. The van der Waals surface area contributed by atoms with Crippen LogP contribution in [0.1, 0.15) is 18.4 Å². The maximum atomic E-state index is 6.23. The van der Waals surface area contributed by atoms with E-state index in [1.165, 1.54) is 5.56 Å². The van der Waals surface area contributed by atoms with Gasteiger partial charge in [-0.05, 0) is 54.4 Å². The summed E-state index contributed by atoms with van der Waals surface area (Å²) >= 11 is 0. The van der Waals surface area contributed by atoms with Crippen molar-refractivity contribution in [1.29, 1.82) is 0 Å². The minimum absolute atomic E-state index is 0.292. The summed E-state index contributed by atoms with van der Waals surface area (Å²) in [6.07, 6.45) is 1.68. The highest BCUT2D eigenvalue weighted by Gasteiger charge is 2.19. The number of fused-ring (bicyclic) bond motifs is 1. The first-order valence-corrected chi connectivity index (χ1v) is 10.6. The first-order valence-electron chi connectivity index (χ1n) is 10.6. The molecule has 0 spiro atoms. The highest BCUT2D eigenvalue weighted by Crippen LogP contribution is 2.32. The second kappa shape index (κ2) is 8.24. The molecule has 0 aliphatic carbocycles. The van der Waals surface area contributed by atoms with Gasteiger partial charge in [-0.15, -0.1) is 0 Å². The fraction of sp³-hybridized carbons (Fsp3) is 0.115. The summed E-state index contributed by atoms with van der Waals surface area (Å²) in [7, 11) is 0. The van der Waals surface area contributed by atoms with Crippen molar-refractivity contribution in [3.63, 3.8) is 0 Å². The Morgan fingerprint density at radius 1 is 0.875 bits per heavy atom. The summed E-state index contributed by atoms with van der Waals surface area (Å²) in [5.41, 5.74) is 18.5. The Morgan fingerprint density at radius 3 is 2.38 bits per heavy atom. The molecule has 5 rings (SSSR count). The zero-order valence-corrected chi connectivity index (χ0v) is 17.8. The second-order valence-corrected chi connectivity index (χ2v) is 7.84. The number of hydrogen-bond acceptors (Lipinski definition) is 5. The molecule has 0 aliphatic rings. The van der Waals surface area contributed by atoms with Gasteiger partial charge in [-0.2, -0.15) is 0 Å². The number of imidazole rings is 1. The van der Waals surface area contributed by atoms with Crippen LogP contribution in [0.5, 0.6) is 0 Å². The molecule has 4 N–H and O–H groups in total. The molecule has 6 nitrogen and oxygen atoms in total. The van der Waals surface area contributed by atoms with Crippen molar-refractivity contribution in [3.05, 3.63) is 90.6 Å². The van der Waals surface area contributed by atoms with Gasteiger partial charge in [0, 0.05) is 17.4 Å². The molecule has 0 fully saturated rings. The molecule has 1 unspecified atom stereocenters. The standard InChI is InChI=1S/C26H24N6/c1-17(16-27)18-9-11-20(12-10-18)32-25(21-8-5-15-29-24(21)28)31-23-14-13-22(30-26(23)32)19-6-3-2-4-7-19/h2-15,17H,16,27H2,1H3,(H2,28,29). The first-order chi connectivity index (χ1) is 15.7. The average molecular weight is 421 g/mol. The fourth-order valence-electron chi connectivity index (χ4n) is 3.85. The number of hydrogen-bond donors (Lipinski definition) is 2. The van der Waals surface area contributed by atoms with E-state index < -0.39 is 0 Å². The smallest absolute Gasteiger partial charge is 0.165 e. The molecule has 3 aromatic heterocycles. The van der Waals surface area contributed by atoms with E-state index in [-0.39, 0.29) is 0 Å². The van der Waals surface area contributed by atoms with Crippen LogP contribution >= 0.6 is 0 Å². The average Bonchev–Trinajstić information content (AvgIpc) is 3.23. The molecule has 0 saturated heterocycles. The molecule has 158 valence electrons. The Morgan fingerprint density at radius 2 is 1.66 bits per heavy atom. The number of pyridine rings is 2. The molecule has 3 heterocycles. The third kappa shape index (κ3) is 3.50. The van der Waals surface area contributed by atoms with Gasteiger partial charge in [0.05, 0.1) is 11.3 Å². The summed E-state index contributed by atoms with van der Waals surface area (Å²) in [6.45, 7) is 2.73. The van der Waals surface area contributed by atoms with Gasteiger partial charge >= 0.3 is 0 Å². The van der Waals surface area contributed by atoms with Crippen LogP contribution in [-0.4, -0.2) is 26.1 Å². The van der Waals surface area contributed by atoms with Gasteiger partial charge in [0.15, 0.2) is 11.5 Å². The third-order valence-electron chi connectivity index (χ3n) is 5.73. The van der Waals surface area contributed by atoms with Crippen LogP contribution < -0.4 is 11.5 Å². The van der Waals surface area contributed by atoms with Crippen molar-refractivity contribution in [2.75, 3.05) is 12.3 Å². The summed E-state index contributed by atoms with van der Waals surface area (Å²) < 4.78 is 2.05. The van der Waals surface area contributed by atoms with E-state index in [2.05, 4.69) is 48.3 Å². The third-order valence-corrected chi connectivity index (χ3v) is 5.73. The maximum absolute atomic E-state index is 6.23. The Labute approximate surface area is 186 Å². The Hall–Kier alpha value is -4.03. The predicted octanol–water partition coefficient (Wildman–Crippen LogP) is 4.79. The van der Waals surface area contributed by atoms with Crippen LogP contribution in [0.3, 0.4) is 0 Å². The zero-order chi connectivity index (χ0) is 22.1.